The van der Waals surface area contributed by atoms with Gasteiger partial charge in [-0.05, 0) is 43.2 Å². The number of hydrogen-bond acceptors (Lipinski definition) is 4. The van der Waals surface area contributed by atoms with Gasteiger partial charge in [-0.25, -0.2) is 0 Å². The zero-order chi connectivity index (χ0) is 18.0. The SMILES string of the molecule is CCC(=O)N1CCN(c2ccc(=O)n(-c3ccc(C)c(C)c3)n2)CC1. The molecule has 1 aliphatic heterocycles. The van der Waals surface area contributed by atoms with Gasteiger partial charge in [-0.3, -0.25) is 9.59 Å². The van der Waals surface area contributed by atoms with E-state index in [1.807, 2.05) is 43.9 Å². The summed E-state index contributed by atoms with van der Waals surface area (Å²) in [6.07, 6.45) is 0.538. The normalized spacial score (nSPS) is 14.7. The van der Waals surface area contributed by atoms with Crippen LogP contribution in [0, 0.1) is 13.8 Å². The van der Waals surface area contributed by atoms with E-state index in [2.05, 4.69) is 10.00 Å². The van der Waals surface area contributed by atoms with Gasteiger partial charge in [-0.1, -0.05) is 13.0 Å². The quantitative estimate of drug-likeness (QED) is 0.856. The smallest absolute Gasteiger partial charge is 0.271 e. The van der Waals surface area contributed by atoms with Crippen molar-refractivity contribution < 1.29 is 4.79 Å². The predicted molar refractivity (Wildman–Crippen MR) is 98.4 cm³/mol. The Hall–Kier alpha value is -2.63. The molecule has 0 atom stereocenters. The van der Waals surface area contributed by atoms with Gasteiger partial charge < -0.3 is 9.80 Å². The molecule has 0 radical (unpaired) electrons. The number of anilines is 1. The van der Waals surface area contributed by atoms with E-state index >= 15 is 0 Å². The Morgan fingerprint density at radius 2 is 1.76 bits per heavy atom. The lowest BCUT2D eigenvalue weighted by Gasteiger charge is -2.35. The average molecular weight is 340 g/mol. The zero-order valence-corrected chi connectivity index (χ0v) is 15.0. The molecule has 1 amide bonds. The summed E-state index contributed by atoms with van der Waals surface area (Å²) in [5, 5.41) is 4.55. The third kappa shape index (κ3) is 3.57. The summed E-state index contributed by atoms with van der Waals surface area (Å²) in [6.45, 7) is 8.79. The van der Waals surface area contributed by atoms with Gasteiger partial charge in [0.05, 0.1) is 5.69 Å². The van der Waals surface area contributed by atoms with E-state index in [0.717, 1.165) is 30.2 Å². The summed E-state index contributed by atoms with van der Waals surface area (Å²) in [7, 11) is 0. The maximum atomic E-state index is 12.3. The number of aryl methyl sites for hydroxylation is 2. The molecule has 1 saturated heterocycles. The molecule has 0 N–H and O–H groups in total. The maximum Gasteiger partial charge on any atom is 0.271 e. The molecule has 6 heteroatoms. The first kappa shape index (κ1) is 17.2. The molecule has 1 aromatic carbocycles. The van der Waals surface area contributed by atoms with Crippen LogP contribution in [0.25, 0.3) is 5.69 Å². The Morgan fingerprint density at radius 3 is 2.40 bits per heavy atom. The molecule has 132 valence electrons. The highest BCUT2D eigenvalue weighted by molar-refractivity contribution is 5.76. The summed E-state index contributed by atoms with van der Waals surface area (Å²) in [4.78, 5) is 28.1. The monoisotopic (exact) mass is 340 g/mol. The van der Waals surface area contributed by atoms with Crippen LogP contribution in [0.3, 0.4) is 0 Å². The summed E-state index contributed by atoms with van der Waals surface area (Å²) in [5.74, 6) is 0.953. The van der Waals surface area contributed by atoms with Crippen molar-refractivity contribution in [2.45, 2.75) is 27.2 Å². The van der Waals surface area contributed by atoms with E-state index < -0.39 is 0 Å². The van der Waals surface area contributed by atoms with Crippen LogP contribution in [-0.4, -0.2) is 46.8 Å². The van der Waals surface area contributed by atoms with E-state index in [9.17, 15) is 9.59 Å². The fourth-order valence-corrected chi connectivity index (χ4v) is 3.02. The zero-order valence-electron chi connectivity index (χ0n) is 15.0. The largest absolute Gasteiger partial charge is 0.352 e. The van der Waals surface area contributed by atoms with Gasteiger partial charge in [0.15, 0.2) is 0 Å². The van der Waals surface area contributed by atoms with Crippen LogP contribution in [0.5, 0.6) is 0 Å². The van der Waals surface area contributed by atoms with Crippen molar-refractivity contribution in [1.29, 1.82) is 0 Å². The third-order valence-corrected chi connectivity index (χ3v) is 4.78. The Kier molecular flexibility index (Phi) is 4.88. The van der Waals surface area contributed by atoms with E-state index in [0.29, 0.717) is 19.5 Å². The number of carbonyl (C=O) groups is 1. The summed E-state index contributed by atoms with van der Waals surface area (Å²) in [5.41, 5.74) is 2.94. The van der Waals surface area contributed by atoms with Gasteiger partial charge in [-0.15, -0.1) is 5.10 Å². The number of benzene rings is 1. The van der Waals surface area contributed by atoms with Crippen molar-refractivity contribution in [2.24, 2.45) is 0 Å². The highest BCUT2D eigenvalue weighted by Gasteiger charge is 2.21. The molecular weight excluding hydrogens is 316 g/mol. The van der Waals surface area contributed by atoms with Crippen LogP contribution in [0.1, 0.15) is 24.5 Å². The first-order chi connectivity index (χ1) is 12.0. The minimum Gasteiger partial charge on any atom is -0.352 e. The molecule has 2 aromatic rings. The van der Waals surface area contributed by atoms with E-state index in [-0.39, 0.29) is 11.5 Å². The molecule has 6 nitrogen and oxygen atoms in total. The average Bonchev–Trinajstić information content (AvgIpc) is 2.64. The van der Waals surface area contributed by atoms with Gasteiger partial charge >= 0.3 is 0 Å². The van der Waals surface area contributed by atoms with Gasteiger partial charge in [-0.2, -0.15) is 4.68 Å². The minimum absolute atomic E-state index is 0.146. The standard InChI is InChI=1S/C19H24N4O2/c1-4-18(24)22-11-9-21(10-12-22)17-7-8-19(25)23(20-17)16-6-5-14(2)15(3)13-16/h5-8,13H,4,9-12H2,1-3H3. The number of piperazine rings is 1. The molecule has 0 unspecified atom stereocenters. The first-order valence-electron chi connectivity index (χ1n) is 8.70. The molecule has 25 heavy (non-hydrogen) atoms. The lowest BCUT2D eigenvalue weighted by molar-refractivity contribution is -0.131. The van der Waals surface area contributed by atoms with Gasteiger partial charge in [0, 0.05) is 38.7 Å². The second kappa shape index (κ2) is 7.09. The number of hydrogen-bond donors (Lipinski definition) is 0. The Balaban J connectivity index is 1.84. The van der Waals surface area contributed by atoms with E-state index in [4.69, 9.17) is 0 Å². The van der Waals surface area contributed by atoms with Crippen LogP contribution >= 0.6 is 0 Å². The highest BCUT2D eigenvalue weighted by atomic mass is 16.2. The van der Waals surface area contributed by atoms with Crippen molar-refractivity contribution in [2.75, 3.05) is 31.1 Å². The van der Waals surface area contributed by atoms with Crippen molar-refractivity contribution in [3.63, 3.8) is 0 Å². The molecular formula is C19H24N4O2. The summed E-state index contributed by atoms with van der Waals surface area (Å²) >= 11 is 0. The Labute approximate surface area is 147 Å². The predicted octanol–water partition coefficient (Wildman–Crippen LogP) is 1.91. The molecule has 1 aromatic heterocycles. The van der Waals surface area contributed by atoms with Gasteiger partial charge in [0.1, 0.15) is 5.82 Å². The van der Waals surface area contributed by atoms with Gasteiger partial charge in [0.2, 0.25) is 5.91 Å². The van der Waals surface area contributed by atoms with Crippen LogP contribution in [0.4, 0.5) is 5.82 Å². The minimum atomic E-state index is -0.146. The lowest BCUT2D eigenvalue weighted by Crippen LogP contribution is -2.49. The fraction of sp³-hybridized carbons (Fsp3) is 0.421. The van der Waals surface area contributed by atoms with Gasteiger partial charge in [0.25, 0.3) is 5.56 Å². The number of amides is 1. The molecule has 0 bridgehead atoms. The number of nitrogens with zero attached hydrogens (tertiary/aromatic N) is 4. The van der Waals surface area contributed by atoms with Crippen molar-refractivity contribution in [3.05, 3.63) is 51.8 Å². The Bertz CT molecular complexity index is 836. The van der Waals surface area contributed by atoms with Crippen molar-refractivity contribution in [3.8, 4) is 5.69 Å². The van der Waals surface area contributed by atoms with Crippen molar-refractivity contribution in [1.82, 2.24) is 14.7 Å². The lowest BCUT2D eigenvalue weighted by atomic mass is 10.1. The molecule has 0 saturated carbocycles. The van der Waals surface area contributed by atoms with E-state index in [1.165, 1.54) is 10.2 Å². The highest BCUT2D eigenvalue weighted by Crippen LogP contribution is 2.16. The third-order valence-electron chi connectivity index (χ3n) is 4.78. The van der Waals surface area contributed by atoms with E-state index in [1.54, 1.807) is 12.1 Å². The molecule has 0 spiro atoms. The summed E-state index contributed by atoms with van der Waals surface area (Å²) < 4.78 is 1.45. The van der Waals surface area contributed by atoms with Crippen LogP contribution < -0.4 is 10.5 Å². The van der Waals surface area contributed by atoms with Crippen LogP contribution in [0.2, 0.25) is 0 Å². The molecule has 1 aliphatic rings. The molecule has 3 rings (SSSR count). The topological polar surface area (TPSA) is 58.4 Å². The van der Waals surface area contributed by atoms with Crippen LogP contribution in [-0.2, 0) is 4.79 Å². The number of carbonyl (C=O) groups excluding carboxylic acids is 1. The van der Waals surface area contributed by atoms with Crippen molar-refractivity contribution >= 4 is 11.7 Å². The molecule has 2 heterocycles. The van der Waals surface area contributed by atoms with Crippen LogP contribution in [0.15, 0.2) is 35.1 Å². The molecule has 1 fully saturated rings. The summed E-state index contributed by atoms with van der Waals surface area (Å²) in [6, 6.07) is 9.21. The fourth-order valence-electron chi connectivity index (χ4n) is 3.02. The first-order valence-corrected chi connectivity index (χ1v) is 8.70. The molecule has 0 aliphatic carbocycles. The maximum absolute atomic E-state index is 12.3. The number of aromatic nitrogens is 2. The second-order valence-corrected chi connectivity index (χ2v) is 6.43. The second-order valence-electron chi connectivity index (χ2n) is 6.43. The number of rotatable bonds is 3. The Morgan fingerprint density at radius 1 is 1.04 bits per heavy atom.